The standard InChI is InChI=1S/C41H30N2/c1-2-9-30(10-3-1)41-42-38-15-6-7-16-39(38)43(41)31-23-21-28(22-24-31)27-17-19-29(20-18-27)32-25-26-37-34-12-5-4-11-33(34)36-14-8-13-35(32)40(36)37/h1-3,6-9,11-26,30H,4-5,10H2. The third-order valence-corrected chi connectivity index (χ3v) is 9.33. The highest BCUT2D eigenvalue weighted by atomic mass is 15.1. The van der Waals surface area contributed by atoms with E-state index in [4.69, 9.17) is 4.98 Å². The zero-order valence-corrected chi connectivity index (χ0v) is 23.9. The lowest BCUT2D eigenvalue weighted by Crippen LogP contribution is -2.07. The molecule has 204 valence electrons. The Hall–Kier alpha value is -5.21. The second kappa shape index (κ2) is 9.68. The Morgan fingerprint density at radius 1 is 0.605 bits per heavy atom. The summed E-state index contributed by atoms with van der Waals surface area (Å²) in [6.07, 6.45) is 16.8. The van der Waals surface area contributed by atoms with Gasteiger partial charge in [0.05, 0.1) is 11.0 Å². The van der Waals surface area contributed by atoms with Gasteiger partial charge in [0.2, 0.25) is 0 Å². The first-order valence-electron chi connectivity index (χ1n) is 15.3. The number of hydrogen-bond acceptors (Lipinski definition) is 1. The maximum atomic E-state index is 5.06. The van der Waals surface area contributed by atoms with Crippen molar-refractivity contribution in [1.29, 1.82) is 0 Å². The van der Waals surface area contributed by atoms with Crippen LogP contribution in [-0.2, 0) is 0 Å². The van der Waals surface area contributed by atoms with Gasteiger partial charge in [0.1, 0.15) is 5.82 Å². The van der Waals surface area contributed by atoms with Crippen LogP contribution in [0.4, 0.5) is 0 Å². The molecule has 2 nitrogen and oxygen atoms in total. The summed E-state index contributed by atoms with van der Waals surface area (Å²) in [5.41, 5.74) is 13.9. The van der Waals surface area contributed by atoms with Crippen molar-refractivity contribution >= 4 is 33.0 Å². The first-order chi connectivity index (χ1) is 21.3. The van der Waals surface area contributed by atoms with Crippen molar-refractivity contribution in [3.05, 3.63) is 157 Å². The second-order valence-corrected chi connectivity index (χ2v) is 11.8. The molecule has 1 atom stereocenters. The third-order valence-electron chi connectivity index (χ3n) is 9.33. The fraction of sp³-hybridized carbons (Fsp3) is 0.0976. The molecule has 1 aromatic heterocycles. The van der Waals surface area contributed by atoms with Crippen molar-refractivity contribution in [3.63, 3.8) is 0 Å². The van der Waals surface area contributed by atoms with Crippen LogP contribution in [0.3, 0.4) is 0 Å². The van der Waals surface area contributed by atoms with Crippen LogP contribution in [0.25, 0.3) is 60.9 Å². The van der Waals surface area contributed by atoms with Gasteiger partial charge in [-0.1, -0.05) is 115 Å². The molecule has 0 aliphatic heterocycles. The smallest absolute Gasteiger partial charge is 0.121 e. The van der Waals surface area contributed by atoms with Crippen LogP contribution < -0.4 is 0 Å². The quantitative estimate of drug-likeness (QED) is 0.213. The molecule has 5 aromatic carbocycles. The summed E-state index contributed by atoms with van der Waals surface area (Å²) in [5.74, 6) is 1.36. The van der Waals surface area contributed by atoms with Crippen molar-refractivity contribution in [1.82, 2.24) is 9.55 Å². The van der Waals surface area contributed by atoms with Gasteiger partial charge in [-0.3, -0.25) is 4.57 Å². The highest BCUT2D eigenvalue weighted by molar-refractivity contribution is 6.24. The monoisotopic (exact) mass is 550 g/mol. The maximum Gasteiger partial charge on any atom is 0.121 e. The summed E-state index contributed by atoms with van der Waals surface area (Å²) in [6, 6.07) is 37.9. The summed E-state index contributed by atoms with van der Waals surface area (Å²) in [4.78, 5) is 5.06. The van der Waals surface area contributed by atoms with Gasteiger partial charge >= 0.3 is 0 Å². The van der Waals surface area contributed by atoms with Gasteiger partial charge in [-0.25, -0.2) is 4.98 Å². The van der Waals surface area contributed by atoms with E-state index < -0.39 is 0 Å². The van der Waals surface area contributed by atoms with E-state index in [9.17, 15) is 0 Å². The lowest BCUT2D eigenvalue weighted by Gasteiger charge is -2.16. The number of aromatic nitrogens is 2. The number of nitrogens with zero attached hydrogens (tertiary/aromatic N) is 2. The number of allylic oxidation sites excluding steroid dienone is 8. The minimum Gasteiger partial charge on any atom is -0.296 e. The summed E-state index contributed by atoms with van der Waals surface area (Å²) in [5, 5.41) is 2.75. The lowest BCUT2D eigenvalue weighted by atomic mass is 9.93. The van der Waals surface area contributed by atoms with E-state index in [1.807, 2.05) is 0 Å². The van der Waals surface area contributed by atoms with Crippen molar-refractivity contribution in [2.24, 2.45) is 0 Å². The molecule has 3 aliphatic rings. The summed E-state index contributed by atoms with van der Waals surface area (Å²) in [7, 11) is 0. The van der Waals surface area contributed by atoms with Crippen molar-refractivity contribution in [3.8, 4) is 27.9 Å². The molecule has 0 fully saturated rings. The number of imidazole rings is 1. The fourth-order valence-electron chi connectivity index (χ4n) is 7.27. The molecule has 2 heteroatoms. The number of rotatable bonds is 4. The van der Waals surface area contributed by atoms with E-state index in [-0.39, 0.29) is 5.92 Å². The van der Waals surface area contributed by atoms with Gasteiger partial charge < -0.3 is 0 Å². The Kier molecular flexibility index (Phi) is 5.49. The normalized spacial score (nSPS) is 16.9. The molecule has 0 saturated heterocycles. The molecule has 0 saturated carbocycles. The molecular formula is C41H30N2. The molecule has 9 rings (SSSR count). The molecule has 3 aliphatic carbocycles. The van der Waals surface area contributed by atoms with Crippen LogP contribution in [0, 0.1) is 0 Å². The summed E-state index contributed by atoms with van der Waals surface area (Å²) in [6.45, 7) is 0. The molecule has 0 radical (unpaired) electrons. The van der Waals surface area contributed by atoms with Gasteiger partial charge in [-0.05, 0) is 98.8 Å². The number of para-hydroxylation sites is 2. The predicted molar refractivity (Wildman–Crippen MR) is 180 cm³/mol. The number of benzene rings is 5. The van der Waals surface area contributed by atoms with E-state index >= 15 is 0 Å². The van der Waals surface area contributed by atoms with E-state index in [1.165, 1.54) is 55.3 Å². The fourth-order valence-corrected chi connectivity index (χ4v) is 7.27. The van der Waals surface area contributed by atoms with E-state index in [0.29, 0.717) is 0 Å². The molecule has 0 N–H and O–H groups in total. The van der Waals surface area contributed by atoms with Crippen LogP contribution in [0.5, 0.6) is 0 Å². The molecule has 1 unspecified atom stereocenters. The highest BCUT2D eigenvalue weighted by Gasteiger charge is 2.26. The van der Waals surface area contributed by atoms with Gasteiger partial charge in [0.25, 0.3) is 0 Å². The summed E-state index contributed by atoms with van der Waals surface area (Å²) < 4.78 is 2.33. The van der Waals surface area contributed by atoms with E-state index in [2.05, 4.69) is 144 Å². The molecular weight excluding hydrogens is 520 g/mol. The minimum absolute atomic E-state index is 0.271. The lowest BCUT2D eigenvalue weighted by molar-refractivity contribution is 0.758. The Morgan fingerprint density at radius 3 is 2.07 bits per heavy atom. The van der Waals surface area contributed by atoms with Crippen molar-refractivity contribution < 1.29 is 0 Å². The van der Waals surface area contributed by atoms with Crippen LogP contribution in [0.2, 0.25) is 0 Å². The largest absolute Gasteiger partial charge is 0.296 e. The molecule has 6 aromatic rings. The van der Waals surface area contributed by atoms with Crippen LogP contribution in [0.15, 0.2) is 140 Å². The zero-order valence-electron chi connectivity index (χ0n) is 23.9. The minimum atomic E-state index is 0.271. The molecule has 0 bridgehead atoms. The first-order valence-corrected chi connectivity index (χ1v) is 15.3. The van der Waals surface area contributed by atoms with Crippen LogP contribution >= 0.6 is 0 Å². The average molecular weight is 551 g/mol. The SMILES string of the molecule is C1=CCC(c2nc3ccccc3n2-c2ccc(-c3ccc(-c4ccc5c6c(cccc46)C4=CCCC=C45)cc3)cc2)C=C1. The Bertz CT molecular complexity index is 2160. The Morgan fingerprint density at radius 2 is 1.30 bits per heavy atom. The van der Waals surface area contributed by atoms with Gasteiger partial charge in [0.15, 0.2) is 0 Å². The average Bonchev–Trinajstić information content (AvgIpc) is 3.63. The van der Waals surface area contributed by atoms with Gasteiger partial charge in [-0.2, -0.15) is 0 Å². The zero-order chi connectivity index (χ0) is 28.3. The third kappa shape index (κ3) is 3.83. The van der Waals surface area contributed by atoms with Gasteiger partial charge in [-0.15, -0.1) is 0 Å². The Balaban J connectivity index is 1.06. The molecule has 0 amide bonds. The van der Waals surface area contributed by atoms with Crippen LogP contribution in [0.1, 0.15) is 42.1 Å². The van der Waals surface area contributed by atoms with E-state index in [1.54, 1.807) is 0 Å². The number of fused-ring (bicyclic) bond motifs is 4. The topological polar surface area (TPSA) is 17.8 Å². The van der Waals surface area contributed by atoms with Crippen molar-refractivity contribution in [2.45, 2.75) is 25.2 Å². The molecule has 0 spiro atoms. The molecule has 1 heterocycles. The van der Waals surface area contributed by atoms with Gasteiger partial charge in [0, 0.05) is 11.6 Å². The second-order valence-electron chi connectivity index (χ2n) is 11.8. The number of hydrogen-bond donors (Lipinski definition) is 0. The maximum absolute atomic E-state index is 5.06. The summed E-state index contributed by atoms with van der Waals surface area (Å²) >= 11 is 0. The van der Waals surface area contributed by atoms with E-state index in [0.717, 1.165) is 41.8 Å². The first kappa shape index (κ1) is 24.4. The Labute approximate surface area is 251 Å². The highest BCUT2D eigenvalue weighted by Crippen LogP contribution is 2.49. The van der Waals surface area contributed by atoms with Crippen LogP contribution in [-0.4, -0.2) is 9.55 Å². The van der Waals surface area contributed by atoms with Crippen molar-refractivity contribution in [2.75, 3.05) is 0 Å². The predicted octanol–water partition coefficient (Wildman–Crippen LogP) is 10.7. The molecule has 43 heavy (non-hydrogen) atoms.